The van der Waals surface area contributed by atoms with E-state index in [0.29, 0.717) is 5.02 Å². The lowest BCUT2D eigenvalue weighted by Crippen LogP contribution is -1.96. The SMILES string of the molecule is CCCCCCCC(Cl)c1cc(Cl)ccc1OC. The van der Waals surface area contributed by atoms with E-state index in [-0.39, 0.29) is 5.38 Å². The van der Waals surface area contributed by atoms with Gasteiger partial charge in [-0.3, -0.25) is 0 Å². The summed E-state index contributed by atoms with van der Waals surface area (Å²) in [6, 6.07) is 5.61. The first-order valence-corrected chi connectivity index (χ1v) is 7.48. The maximum Gasteiger partial charge on any atom is 0.123 e. The summed E-state index contributed by atoms with van der Waals surface area (Å²) in [5.41, 5.74) is 1.00. The van der Waals surface area contributed by atoms with Crippen molar-refractivity contribution in [2.45, 2.75) is 50.8 Å². The van der Waals surface area contributed by atoms with Crippen molar-refractivity contribution in [2.75, 3.05) is 7.11 Å². The van der Waals surface area contributed by atoms with Crippen LogP contribution in [0, 0.1) is 0 Å². The van der Waals surface area contributed by atoms with Crippen molar-refractivity contribution < 1.29 is 4.74 Å². The van der Waals surface area contributed by atoms with Crippen LogP contribution in [0.15, 0.2) is 18.2 Å². The molecule has 0 heterocycles. The first-order chi connectivity index (χ1) is 8.69. The number of benzene rings is 1. The minimum atomic E-state index is -0.0136. The highest BCUT2D eigenvalue weighted by Gasteiger charge is 2.13. The van der Waals surface area contributed by atoms with E-state index < -0.39 is 0 Å². The average molecular weight is 289 g/mol. The van der Waals surface area contributed by atoms with Crippen molar-refractivity contribution >= 4 is 23.2 Å². The van der Waals surface area contributed by atoms with Crippen LogP contribution in [0.3, 0.4) is 0 Å². The van der Waals surface area contributed by atoms with E-state index in [2.05, 4.69) is 6.92 Å². The van der Waals surface area contributed by atoms with Gasteiger partial charge in [0, 0.05) is 10.6 Å². The molecular weight excluding hydrogens is 267 g/mol. The average Bonchev–Trinajstić information content (AvgIpc) is 2.38. The van der Waals surface area contributed by atoms with Crippen molar-refractivity contribution in [1.29, 1.82) is 0 Å². The van der Waals surface area contributed by atoms with E-state index in [1.54, 1.807) is 7.11 Å². The highest BCUT2D eigenvalue weighted by atomic mass is 35.5. The van der Waals surface area contributed by atoms with Crippen molar-refractivity contribution in [3.8, 4) is 5.75 Å². The van der Waals surface area contributed by atoms with Gasteiger partial charge in [-0.2, -0.15) is 0 Å². The third kappa shape index (κ3) is 5.07. The molecule has 0 aromatic heterocycles. The summed E-state index contributed by atoms with van der Waals surface area (Å²) in [7, 11) is 1.66. The Balaban J connectivity index is 2.49. The minimum absolute atomic E-state index is 0.0136. The monoisotopic (exact) mass is 288 g/mol. The Bertz CT molecular complexity index is 352. The Labute approximate surface area is 120 Å². The molecule has 1 atom stereocenters. The Kier molecular flexibility index (Phi) is 7.53. The molecule has 1 nitrogen and oxygen atoms in total. The van der Waals surface area contributed by atoms with E-state index in [1.807, 2.05) is 18.2 Å². The summed E-state index contributed by atoms with van der Waals surface area (Å²) in [6.45, 7) is 2.22. The van der Waals surface area contributed by atoms with E-state index in [1.165, 1.54) is 25.7 Å². The topological polar surface area (TPSA) is 9.23 Å². The largest absolute Gasteiger partial charge is 0.496 e. The maximum atomic E-state index is 6.44. The first-order valence-electron chi connectivity index (χ1n) is 6.66. The van der Waals surface area contributed by atoms with Gasteiger partial charge >= 0.3 is 0 Å². The smallest absolute Gasteiger partial charge is 0.123 e. The molecule has 0 aliphatic carbocycles. The van der Waals surface area contributed by atoms with Crippen LogP contribution in [0.25, 0.3) is 0 Å². The van der Waals surface area contributed by atoms with Gasteiger partial charge < -0.3 is 4.74 Å². The summed E-state index contributed by atoms with van der Waals surface area (Å²) in [5, 5.41) is 0.697. The lowest BCUT2D eigenvalue weighted by atomic mass is 10.0. The Morgan fingerprint density at radius 2 is 1.89 bits per heavy atom. The quantitative estimate of drug-likeness (QED) is 0.422. The second-order valence-electron chi connectivity index (χ2n) is 4.56. The van der Waals surface area contributed by atoms with Crippen LogP contribution >= 0.6 is 23.2 Å². The molecule has 1 rings (SSSR count). The molecule has 0 spiro atoms. The molecule has 0 amide bonds. The van der Waals surface area contributed by atoms with E-state index in [4.69, 9.17) is 27.9 Å². The highest BCUT2D eigenvalue weighted by Crippen LogP contribution is 2.35. The van der Waals surface area contributed by atoms with Crippen molar-refractivity contribution in [3.63, 3.8) is 0 Å². The number of alkyl halides is 1. The molecule has 0 saturated carbocycles. The molecule has 1 aromatic carbocycles. The molecule has 0 N–H and O–H groups in total. The van der Waals surface area contributed by atoms with Crippen LogP contribution < -0.4 is 4.74 Å². The van der Waals surface area contributed by atoms with Gasteiger partial charge in [0.25, 0.3) is 0 Å². The van der Waals surface area contributed by atoms with Gasteiger partial charge in [-0.05, 0) is 24.6 Å². The van der Waals surface area contributed by atoms with E-state index in [9.17, 15) is 0 Å². The number of halogens is 2. The molecule has 1 unspecified atom stereocenters. The van der Waals surface area contributed by atoms with Crippen molar-refractivity contribution in [2.24, 2.45) is 0 Å². The third-order valence-electron chi connectivity index (χ3n) is 3.09. The molecule has 0 aliphatic rings. The predicted molar refractivity (Wildman–Crippen MR) is 80.0 cm³/mol. The highest BCUT2D eigenvalue weighted by molar-refractivity contribution is 6.30. The lowest BCUT2D eigenvalue weighted by Gasteiger charge is -2.14. The van der Waals surface area contributed by atoms with Gasteiger partial charge in [-0.15, -0.1) is 11.6 Å². The van der Waals surface area contributed by atoms with Crippen LogP contribution in [0.1, 0.15) is 56.4 Å². The zero-order valence-corrected chi connectivity index (χ0v) is 12.7. The first kappa shape index (κ1) is 15.7. The maximum absolute atomic E-state index is 6.44. The molecule has 0 fully saturated rings. The second-order valence-corrected chi connectivity index (χ2v) is 5.52. The molecule has 0 aliphatic heterocycles. The van der Waals surface area contributed by atoms with Crippen LogP contribution in [0.2, 0.25) is 5.02 Å². The number of hydrogen-bond acceptors (Lipinski definition) is 1. The number of unbranched alkanes of at least 4 members (excludes halogenated alkanes) is 4. The van der Waals surface area contributed by atoms with Gasteiger partial charge in [-0.25, -0.2) is 0 Å². The summed E-state index contributed by atoms with van der Waals surface area (Å²) < 4.78 is 5.32. The van der Waals surface area contributed by atoms with Crippen LogP contribution in [-0.2, 0) is 0 Å². The standard InChI is InChI=1S/C15H22Cl2O/c1-3-4-5-6-7-8-14(17)13-11-12(16)9-10-15(13)18-2/h9-11,14H,3-8H2,1-2H3. The van der Waals surface area contributed by atoms with E-state index in [0.717, 1.165) is 24.2 Å². The molecule has 3 heteroatoms. The summed E-state index contributed by atoms with van der Waals surface area (Å²) in [4.78, 5) is 0. The number of hydrogen-bond donors (Lipinski definition) is 0. The van der Waals surface area contributed by atoms with Crippen molar-refractivity contribution in [3.05, 3.63) is 28.8 Å². The van der Waals surface area contributed by atoms with E-state index >= 15 is 0 Å². The van der Waals surface area contributed by atoms with Crippen molar-refractivity contribution in [1.82, 2.24) is 0 Å². The van der Waals surface area contributed by atoms with Gasteiger partial charge in [0.1, 0.15) is 5.75 Å². The summed E-state index contributed by atoms with van der Waals surface area (Å²) in [6.07, 6.45) is 7.26. The normalized spacial score (nSPS) is 12.4. The number of ether oxygens (including phenoxy) is 1. The van der Waals surface area contributed by atoms with Crippen LogP contribution in [0.5, 0.6) is 5.75 Å². The number of rotatable bonds is 8. The van der Waals surface area contributed by atoms with Gasteiger partial charge in [0.2, 0.25) is 0 Å². The molecule has 0 bridgehead atoms. The Morgan fingerprint density at radius 1 is 1.17 bits per heavy atom. The zero-order chi connectivity index (χ0) is 13.4. The predicted octanol–water partition coefficient (Wildman–Crippen LogP) is 5.99. The molecule has 18 heavy (non-hydrogen) atoms. The molecule has 102 valence electrons. The second kappa shape index (κ2) is 8.66. The summed E-state index contributed by atoms with van der Waals surface area (Å²) in [5.74, 6) is 0.827. The summed E-state index contributed by atoms with van der Waals surface area (Å²) >= 11 is 12.4. The Morgan fingerprint density at radius 3 is 2.56 bits per heavy atom. The van der Waals surface area contributed by atoms with Crippen LogP contribution in [-0.4, -0.2) is 7.11 Å². The molecule has 1 aromatic rings. The third-order valence-corrected chi connectivity index (χ3v) is 3.78. The molecule has 0 radical (unpaired) electrons. The fraction of sp³-hybridized carbons (Fsp3) is 0.600. The molecular formula is C15H22Cl2O. The number of methoxy groups -OCH3 is 1. The van der Waals surface area contributed by atoms with Gasteiger partial charge in [0.15, 0.2) is 0 Å². The minimum Gasteiger partial charge on any atom is -0.496 e. The fourth-order valence-electron chi connectivity index (χ4n) is 2.03. The van der Waals surface area contributed by atoms with Crippen LogP contribution in [0.4, 0.5) is 0 Å². The van der Waals surface area contributed by atoms with Gasteiger partial charge in [0.05, 0.1) is 12.5 Å². The molecule has 0 saturated heterocycles. The fourth-order valence-corrected chi connectivity index (χ4v) is 2.54. The zero-order valence-electron chi connectivity index (χ0n) is 11.2. The lowest BCUT2D eigenvalue weighted by molar-refractivity contribution is 0.408. The Hall–Kier alpha value is -0.400. The van der Waals surface area contributed by atoms with Gasteiger partial charge in [-0.1, -0.05) is 50.6 Å².